The molecular formula is C42H80O6. The summed E-state index contributed by atoms with van der Waals surface area (Å²) >= 11 is 0. The minimum absolute atomic E-state index is 0.0660. The van der Waals surface area contributed by atoms with Gasteiger partial charge in [0.1, 0.15) is 13.2 Å². The standard InChI is InChI=1S/C42H80O6/c1-5-7-9-11-12-13-14-15-16-17-18-19-22-26-30-34-41(44)47-37-39(36-46-40(43)33-29-24-10-8-6-2)48-42(45)35-31-27-23-20-21-25-28-32-38(3)4/h38-39H,5-37H2,1-4H3/t39-/m0/s1. The van der Waals surface area contributed by atoms with Crippen molar-refractivity contribution >= 4 is 17.9 Å². The monoisotopic (exact) mass is 681 g/mol. The van der Waals surface area contributed by atoms with Crippen LogP contribution in [0.3, 0.4) is 0 Å². The fraction of sp³-hybridized carbons (Fsp3) is 0.929. The number of hydrogen-bond donors (Lipinski definition) is 0. The van der Waals surface area contributed by atoms with Gasteiger partial charge in [0.05, 0.1) is 0 Å². The van der Waals surface area contributed by atoms with Crippen LogP contribution >= 0.6 is 0 Å². The number of carbonyl (C=O) groups excluding carboxylic acids is 3. The third kappa shape index (κ3) is 35.7. The molecule has 0 unspecified atom stereocenters. The average molecular weight is 681 g/mol. The molecule has 0 saturated heterocycles. The lowest BCUT2D eigenvalue weighted by Gasteiger charge is -2.18. The van der Waals surface area contributed by atoms with Crippen LogP contribution in [0.15, 0.2) is 0 Å². The third-order valence-corrected chi connectivity index (χ3v) is 9.29. The zero-order chi connectivity index (χ0) is 35.3. The van der Waals surface area contributed by atoms with Crippen LogP contribution in [-0.2, 0) is 28.6 Å². The second-order valence-electron chi connectivity index (χ2n) is 14.7. The highest BCUT2D eigenvalue weighted by Crippen LogP contribution is 2.15. The number of esters is 3. The van der Waals surface area contributed by atoms with Gasteiger partial charge in [0.2, 0.25) is 0 Å². The molecule has 0 radical (unpaired) electrons. The summed E-state index contributed by atoms with van der Waals surface area (Å²) in [5, 5.41) is 0. The number of carbonyl (C=O) groups is 3. The van der Waals surface area contributed by atoms with E-state index in [2.05, 4.69) is 27.7 Å². The quantitative estimate of drug-likeness (QED) is 0.0369. The van der Waals surface area contributed by atoms with Crippen LogP contribution in [0, 0.1) is 5.92 Å². The van der Waals surface area contributed by atoms with Crippen molar-refractivity contribution in [3.05, 3.63) is 0 Å². The van der Waals surface area contributed by atoms with E-state index in [4.69, 9.17) is 14.2 Å². The van der Waals surface area contributed by atoms with Crippen LogP contribution < -0.4 is 0 Å². The summed E-state index contributed by atoms with van der Waals surface area (Å²) < 4.78 is 16.5. The molecule has 6 nitrogen and oxygen atoms in total. The smallest absolute Gasteiger partial charge is 0.306 e. The van der Waals surface area contributed by atoms with Crippen molar-refractivity contribution in [3.8, 4) is 0 Å². The molecule has 0 saturated carbocycles. The van der Waals surface area contributed by atoms with Gasteiger partial charge in [-0.25, -0.2) is 0 Å². The maximum Gasteiger partial charge on any atom is 0.306 e. The van der Waals surface area contributed by atoms with Gasteiger partial charge < -0.3 is 14.2 Å². The normalized spacial score (nSPS) is 11.9. The van der Waals surface area contributed by atoms with Crippen LogP contribution in [0.1, 0.15) is 227 Å². The van der Waals surface area contributed by atoms with E-state index in [1.54, 1.807) is 0 Å². The van der Waals surface area contributed by atoms with E-state index in [1.165, 1.54) is 116 Å². The van der Waals surface area contributed by atoms with E-state index in [1.807, 2.05) is 0 Å². The predicted molar refractivity (Wildman–Crippen MR) is 201 cm³/mol. The highest BCUT2D eigenvalue weighted by Gasteiger charge is 2.19. The lowest BCUT2D eigenvalue weighted by Crippen LogP contribution is -2.30. The van der Waals surface area contributed by atoms with E-state index in [9.17, 15) is 14.4 Å². The topological polar surface area (TPSA) is 78.9 Å². The van der Waals surface area contributed by atoms with Gasteiger partial charge in [0, 0.05) is 19.3 Å². The maximum atomic E-state index is 12.6. The first-order chi connectivity index (χ1) is 23.4. The van der Waals surface area contributed by atoms with E-state index in [0.29, 0.717) is 19.3 Å². The summed E-state index contributed by atoms with van der Waals surface area (Å²) in [6, 6.07) is 0. The first-order valence-electron chi connectivity index (χ1n) is 20.9. The number of rotatable bonds is 37. The fourth-order valence-corrected chi connectivity index (χ4v) is 6.10. The molecular weight excluding hydrogens is 600 g/mol. The van der Waals surface area contributed by atoms with E-state index >= 15 is 0 Å². The Bertz CT molecular complexity index is 721. The Kier molecular flexibility index (Phi) is 35.5. The van der Waals surface area contributed by atoms with Crippen molar-refractivity contribution in [2.45, 2.75) is 233 Å². The highest BCUT2D eigenvalue weighted by atomic mass is 16.6. The van der Waals surface area contributed by atoms with Gasteiger partial charge in [0.25, 0.3) is 0 Å². The molecule has 0 fully saturated rings. The highest BCUT2D eigenvalue weighted by molar-refractivity contribution is 5.71. The summed E-state index contributed by atoms with van der Waals surface area (Å²) in [6.07, 6.45) is 34.1. The summed E-state index contributed by atoms with van der Waals surface area (Å²) in [4.78, 5) is 37.3. The van der Waals surface area contributed by atoms with Gasteiger partial charge in [-0.15, -0.1) is 0 Å². The molecule has 0 heterocycles. The van der Waals surface area contributed by atoms with Gasteiger partial charge >= 0.3 is 17.9 Å². The van der Waals surface area contributed by atoms with Crippen LogP contribution in [-0.4, -0.2) is 37.2 Å². The zero-order valence-corrected chi connectivity index (χ0v) is 32.4. The van der Waals surface area contributed by atoms with Crippen LogP contribution in [0.4, 0.5) is 0 Å². The van der Waals surface area contributed by atoms with Crippen molar-refractivity contribution in [2.75, 3.05) is 13.2 Å². The van der Waals surface area contributed by atoms with Gasteiger partial charge in [-0.1, -0.05) is 188 Å². The molecule has 0 aliphatic carbocycles. The molecule has 0 rings (SSSR count). The predicted octanol–water partition coefficient (Wildman–Crippen LogP) is 12.8. The summed E-state index contributed by atoms with van der Waals surface area (Å²) in [5.74, 6) is -0.0984. The SMILES string of the molecule is CCCCCCCCCCCCCCCCCC(=O)OC[C@H](COC(=O)CCCCCCC)OC(=O)CCCCCCCCCC(C)C. The molecule has 0 amide bonds. The Morgan fingerprint density at radius 1 is 0.396 bits per heavy atom. The van der Waals surface area contributed by atoms with Crippen molar-refractivity contribution in [1.82, 2.24) is 0 Å². The molecule has 1 atom stereocenters. The molecule has 0 aromatic carbocycles. The maximum absolute atomic E-state index is 12.6. The Labute approximate surface area is 298 Å². The molecule has 0 bridgehead atoms. The fourth-order valence-electron chi connectivity index (χ4n) is 6.10. The number of ether oxygens (including phenoxy) is 3. The first-order valence-corrected chi connectivity index (χ1v) is 20.9. The summed E-state index contributed by atoms with van der Waals surface area (Å²) in [6.45, 7) is 8.85. The average Bonchev–Trinajstić information content (AvgIpc) is 3.06. The largest absolute Gasteiger partial charge is 0.462 e. The molecule has 0 N–H and O–H groups in total. The zero-order valence-electron chi connectivity index (χ0n) is 32.4. The molecule has 0 aliphatic rings. The van der Waals surface area contributed by atoms with Crippen molar-refractivity contribution < 1.29 is 28.6 Å². The minimum Gasteiger partial charge on any atom is -0.462 e. The van der Waals surface area contributed by atoms with Gasteiger partial charge in [-0.05, 0) is 25.2 Å². The number of unbranched alkanes of at least 4 members (excludes halogenated alkanes) is 24. The molecule has 0 aliphatic heterocycles. The lowest BCUT2D eigenvalue weighted by atomic mass is 10.0. The molecule has 6 heteroatoms. The van der Waals surface area contributed by atoms with E-state index in [-0.39, 0.29) is 31.1 Å². The van der Waals surface area contributed by atoms with Crippen molar-refractivity contribution in [3.63, 3.8) is 0 Å². The van der Waals surface area contributed by atoms with Gasteiger partial charge in [-0.2, -0.15) is 0 Å². The molecule has 0 aromatic heterocycles. The lowest BCUT2D eigenvalue weighted by molar-refractivity contribution is -0.167. The molecule has 48 heavy (non-hydrogen) atoms. The molecule has 0 aromatic rings. The first kappa shape index (κ1) is 46.4. The second-order valence-corrected chi connectivity index (χ2v) is 14.7. The molecule has 0 spiro atoms. The van der Waals surface area contributed by atoms with Crippen molar-refractivity contribution in [2.24, 2.45) is 5.92 Å². The molecule has 284 valence electrons. The van der Waals surface area contributed by atoms with Crippen LogP contribution in [0.2, 0.25) is 0 Å². The van der Waals surface area contributed by atoms with Gasteiger partial charge in [-0.3, -0.25) is 14.4 Å². The summed E-state index contributed by atoms with van der Waals surface area (Å²) in [7, 11) is 0. The Hall–Kier alpha value is -1.59. The van der Waals surface area contributed by atoms with Crippen LogP contribution in [0.25, 0.3) is 0 Å². The Balaban J connectivity index is 4.19. The van der Waals surface area contributed by atoms with E-state index in [0.717, 1.165) is 70.1 Å². The number of hydrogen-bond acceptors (Lipinski definition) is 6. The van der Waals surface area contributed by atoms with Crippen LogP contribution in [0.5, 0.6) is 0 Å². The van der Waals surface area contributed by atoms with Gasteiger partial charge in [0.15, 0.2) is 6.10 Å². The second kappa shape index (κ2) is 36.7. The third-order valence-electron chi connectivity index (χ3n) is 9.29. The Morgan fingerprint density at radius 2 is 0.688 bits per heavy atom. The Morgan fingerprint density at radius 3 is 1.02 bits per heavy atom. The van der Waals surface area contributed by atoms with E-state index < -0.39 is 6.10 Å². The minimum atomic E-state index is -0.757. The summed E-state index contributed by atoms with van der Waals surface area (Å²) in [5.41, 5.74) is 0. The van der Waals surface area contributed by atoms with Crippen molar-refractivity contribution in [1.29, 1.82) is 0 Å².